The number of ether oxygens (including phenoxy) is 2. The fourth-order valence-electron chi connectivity index (χ4n) is 2.48. The number of thioether (sulfide) groups is 2. The lowest BCUT2D eigenvalue weighted by atomic mass is 9.94. The molecule has 0 spiro atoms. The second-order valence-corrected chi connectivity index (χ2v) is 7.47. The molecule has 0 bridgehead atoms. The number of hydrogen-bond donors (Lipinski definition) is 0. The van der Waals surface area contributed by atoms with Gasteiger partial charge >= 0.3 is 11.9 Å². The van der Waals surface area contributed by atoms with Crippen LogP contribution in [-0.4, -0.2) is 36.7 Å². The van der Waals surface area contributed by atoms with E-state index in [1.807, 2.05) is 0 Å². The van der Waals surface area contributed by atoms with Crippen LogP contribution in [0.2, 0.25) is 0 Å². The van der Waals surface area contributed by atoms with Crippen LogP contribution in [0.4, 0.5) is 0 Å². The minimum absolute atomic E-state index is 0.0841. The summed E-state index contributed by atoms with van der Waals surface area (Å²) in [6, 6.07) is 6.54. The maximum atomic E-state index is 12.7. The highest BCUT2D eigenvalue weighted by molar-refractivity contribution is 8.29. The molecule has 26 heavy (non-hydrogen) atoms. The van der Waals surface area contributed by atoms with Gasteiger partial charge in [-0.15, -0.1) is 0 Å². The number of carbonyl (C=O) groups is 4. The summed E-state index contributed by atoms with van der Waals surface area (Å²) in [5.41, 5.74) is 0.349. The van der Waals surface area contributed by atoms with Gasteiger partial charge in [-0.25, -0.2) is 9.59 Å². The van der Waals surface area contributed by atoms with Crippen molar-refractivity contribution in [3.05, 3.63) is 55.0 Å². The smallest absolute Gasteiger partial charge is 0.347 e. The van der Waals surface area contributed by atoms with Crippen LogP contribution in [0, 0.1) is 0 Å². The van der Waals surface area contributed by atoms with Gasteiger partial charge in [-0.05, 0) is 13.8 Å². The Hall–Kier alpha value is -2.32. The second kappa shape index (κ2) is 7.51. The van der Waals surface area contributed by atoms with E-state index in [1.165, 1.54) is 0 Å². The summed E-state index contributed by atoms with van der Waals surface area (Å²) >= 11 is 1.87. The van der Waals surface area contributed by atoms with Gasteiger partial charge in [0.05, 0.1) is 27.3 Å². The monoisotopic (exact) mass is 390 g/mol. The van der Waals surface area contributed by atoms with Gasteiger partial charge in [0.25, 0.3) is 0 Å². The third-order valence-corrected chi connectivity index (χ3v) is 6.18. The van der Waals surface area contributed by atoms with Crippen LogP contribution in [0.25, 0.3) is 0 Å². The summed E-state index contributed by atoms with van der Waals surface area (Å²) in [6.45, 7) is 3.40. The molecule has 0 saturated heterocycles. The van der Waals surface area contributed by atoms with Crippen LogP contribution in [0.15, 0.2) is 43.9 Å². The van der Waals surface area contributed by atoms with Gasteiger partial charge < -0.3 is 9.47 Å². The van der Waals surface area contributed by atoms with Crippen LogP contribution in [-0.2, 0) is 19.1 Å². The predicted octanol–water partition coefficient (Wildman–Crippen LogP) is 3.10. The maximum absolute atomic E-state index is 12.7. The molecule has 0 aromatic heterocycles. The van der Waals surface area contributed by atoms with Crippen molar-refractivity contribution in [2.45, 2.75) is 13.8 Å². The Morgan fingerprint density at radius 2 is 1.27 bits per heavy atom. The molecular weight excluding hydrogens is 376 g/mol. The summed E-state index contributed by atoms with van der Waals surface area (Å²) in [6.07, 6.45) is 0. The number of Topliss-reactive ketones (excluding diaryl/α,β-unsaturated/α-hetero) is 2. The van der Waals surface area contributed by atoms with E-state index in [9.17, 15) is 19.2 Å². The van der Waals surface area contributed by atoms with Crippen LogP contribution < -0.4 is 0 Å². The average Bonchev–Trinajstić information content (AvgIpc) is 3.05. The number of esters is 2. The van der Waals surface area contributed by atoms with Gasteiger partial charge in [0, 0.05) is 11.1 Å². The van der Waals surface area contributed by atoms with Crippen LogP contribution in [0.1, 0.15) is 34.6 Å². The van der Waals surface area contributed by atoms with Gasteiger partial charge in [0.2, 0.25) is 11.6 Å². The Balaban J connectivity index is 2.02. The first-order valence-electron chi connectivity index (χ1n) is 7.86. The predicted molar refractivity (Wildman–Crippen MR) is 97.6 cm³/mol. The fourth-order valence-corrected chi connectivity index (χ4v) is 5.08. The van der Waals surface area contributed by atoms with Crippen molar-refractivity contribution in [1.29, 1.82) is 0 Å². The van der Waals surface area contributed by atoms with Crippen LogP contribution in [0.5, 0.6) is 0 Å². The summed E-state index contributed by atoms with van der Waals surface area (Å²) in [5, 5.41) is 0. The number of rotatable bonds is 4. The lowest BCUT2D eigenvalue weighted by molar-refractivity contribution is -0.146. The van der Waals surface area contributed by atoms with Gasteiger partial charge in [-0.2, -0.15) is 0 Å². The molecule has 1 aromatic rings. The van der Waals surface area contributed by atoms with E-state index in [2.05, 4.69) is 0 Å². The zero-order chi connectivity index (χ0) is 18.8. The molecule has 0 atom stereocenters. The molecule has 1 heterocycles. The zero-order valence-corrected chi connectivity index (χ0v) is 15.6. The van der Waals surface area contributed by atoms with Gasteiger partial charge in [0.1, 0.15) is 0 Å². The summed E-state index contributed by atoms with van der Waals surface area (Å²) in [5.74, 6) is -2.26. The topological polar surface area (TPSA) is 86.7 Å². The third kappa shape index (κ3) is 3.10. The highest BCUT2D eigenvalue weighted by Crippen LogP contribution is 2.54. The number of benzene rings is 1. The number of hydrogen-bond acceptors (Lipinski definition) is 8. The molecule has 1 aromatic carbocycles. The second-order valence-electron chi connectivity index (χ2n) is 5.17. The molecule has 0 radical (unpaired) electrons. The van der Waals surface area contributed by atoms with Crippen molar-refractivity contribution < 1.29 is 28.7 Å². The van der Waals surface area contributed by atoms with Gasteiger partial charge in [-0.1, -0.05) is 47.8 Å². The molecule has 0 amide bonds. The summed E-state index contributed by atoms with van der Waals surface area (Å²) in [7, 11) is 0. The molecule has 2 aliphatic rings. The number of carbonyl (C=O) groups excluding carboxylic acids is 4. The SMILES string of the molecule is CCOC(=O)C(C(=O)OCC)=C1SC2=C(S1)C(=O)c1ccccc1C2=O. The van der Waals surface area contributed by atoms with E-state index in [4.69, 9.17) is 9.47 Å². The van der Waals surface area contributed by atoms with Gasteiger partial charge in [0.15, 0.2) is 5.57 Å². The lowest BCUT2D eigenvalue weighted by Gasteiger charge is -2.13. The van der Waals surface area contributed by atoms with E-state index in [0.29, 0.717) is 11.1 Å². The van der Waals surface area contributed by atoms with E-state index >= 15 is 0 Å². The summed E-state index contributed by atoms with van der Waals surface area (Å²) < 4.78 is 10.1. The Labute approximate surface area is 158 Å². The normalized spacial score (nSPS) is 15.5. The average molecular weight is 390 g/mol. The maximum Gasteiger partial charge on any atom is 0.347 e. The Morgan fingerprint density at radius 1 is 0.846 bits per heavy atom. The first kappa shape index (κ1) is 18.5. The highest BCUT2D eigenvalue weighted by atomic mass is 32.2. The number of allylic oxidation sites excluding steroid dienone is 2. The zero-order valence-electron chi connectivity index (χ0n) is 14.0. The fraction of sp³-hybridized carbons (Fsp3) is 0.222. The number of fused-ring (bicyclic) bond motifs is 1. The van der Waals surface area contributed by atoms with Gasteiger partial charge in [-0.3, -0.25) is 9.59 Å². The van der Waals surface area contributed by atoms with Crippen molar-refractivity contribution in [3.8, 4) is 0 Å². The molecular formula is C18H14O6S2. The number of ketones is 2. The first-order chi connectivity index (χ1) is 12.5. The third-order valence-electron chi connectivity index (χ3n) is 3.59. The highest BCUT2D eigenvalue weighted by Gasteiger charge is 2.41. The van der Waals surface area contributed by atoms with E-state index in [-0.39, 0.29) is 44.4 Å². The Bertz CT molecular complexity index is 828. The van der Waals surface area contributed by atoms with E-state index in [0.717, 1.165) is 23.5 Å². The van der Waals surface area contributed by atoms with Crippen molar-refractivity contribution in [2.75, 3.05) is 13.2 Å². The van der Waals surface area contributed by atoms with Crippen molar-refractivity contribution in [3.63, 3.8) is 0 Å². The van der Waals surface area contributed by atoms with E-state index < -0.39 is 11.9 Å². The quantitative estimate of drug-likeness (QED) is 0.335. The molecule has 0 fully saturated rings. The molecule has 1 aliphatic carbocycles. The van der Waals surface area contributed by atoms with Crippen molar-refractivity contribution in [2.24, 2.45) is 0 Å². The first-order valence-corrected chi connectivity index (χ1v) is 9.49. The van der Waals surface area contributed by atoms with Crippen molar-refractivity contribution >= 4 is 47.0 Å². The Morgan fingerprint density at radius 3 is 1.65 bits per heavy atom. The minimum atomic E-state index is -0.835. The van der Waals surface area contributed by atoms with Crippen LogP contribution in [0.3, 0.4) is 0 Å². The summed E-state index contributed by atoms with van der Waals surface area (Å²) in [4.78, 5) is 50.3. The molecule has 0 unspecified atom stereocenters. The largest absolute Gasteiger partial charge is 0.462 e. The standard InChI is InChI=1S/C18H14O6S2/c1-3-23-16(21)11(17(22)24-4-2)18-25-14-12(19)9-7-5-6-8-10(9)13(20)15(14)26-18/h5-8H,3-4H2,1-2H3. The minimum Gasteiger partial charge on any atom is -0.462 e. The molecule has 0 saturated carbocycles. The molecule has 6 nitrogen and oxygen atoms in total. The molecule has 8 heteroatoms. The molecule has 134 valence electrons. The van der Waals surface area contributed by atoms with Crippen LogP contribution >= 0.6 is 23.5 Å². The molecule has 1 aliphatic heterocycles. The lowest BCUT2D eigenvalue weighted by Crippen LogP contribution is -2.19. The Kier molecular flexibility index (Phi) is 5.33. The molecule has 0 N–H and O–H groups in total. The molecule has 3 rings (SSSR count). The van der Waals surface area contributed by atoms with E-state index in [1.54, 1.807) is 38.1 Å². The van der Waals surface area contributed by atoms with Crippen molar-refractivity contribution in [1.82, 2.24) is 0 Å².